The molecule has 186 valence electrons. The highest BCUT2D eigenvalue weighted by molar-refractivity contribution is 6.34. The summed E-state index contributed by atoms with van der Waals surface area (Å²) in [4.78, 5) is 19.3. The number of carbonyl (C=O) groups excluding carboxylic acids is 1. The lowest BCUT2D eigenvalue weighted by atomic mass is 10.1. The second-order valence-corrected chi connectivity index (χ2v) is 7.37. The second kappa shape index (κ2) is 9.64. The Morgan fingerprint density at radius 3 is 2.26 bits per heavy atom. The van der Waals surface area contributed by atoms with Gasteiger partial charge in [0, 0.05) is 5.56 Å². The summed E-state index contributed by atoms with van der Waals surface area (Å²) in [7, 11) is 0. The molecule has 0 spiro atoms. The molecular weight excluding hydrogens is 514 g/mol. The molecular formula is C21H12ClF8N3O2. The van der Waals surface area contributed by atoms with Gasteiger partial charge in [-0.25, -0.2) is 13.8 Å². The Kier molecular flexibility index (Phi) is 7.20. The highest BCUT2D eigenvalue weighted by Crippen LogP contribution is 2.35. The third-order valence-corrected chi connectivity index (χ3v) is 4.81. The zero-order chi connectivity index (χ0) is 26.1. The average Bonchev–Trinajstić information content (AvgIpc) is 2.76. The molecule has 0 saturated carbocycles. The van der Waals surface area contributed by atoms with Gasteiger partial charge in [0.15, 0.2) is 11.8 Å². The van der Waals surface area contributed by atoms with Crippen LogP contribution >= 0.6 is 11.6 Å². The number of hydrogen-bond acceptors (Lipinski definition) is 4. The van der Waals surface area contributed by atoms with Crippen LogP contribution in [0.25, 0.3) is 11.3 Å². The van der Waals surface area contributed by atoms with E-state index >= 15 is 0 Å². The number of rotatable bonds is 5. The lowest BCUT2D eigenvalue weighted by Crippen LogP contribution is -2.32. The van der Waals surface area contributed by atoms with Gasteiger partial charge in [0.25, 0.3) is 5.91 Å². The zero-order valence-corrected chi connectivity index (χ0v) is 18.0. The molecule has 1 aromatic heterocycles. The summed E-state index contributed by atoms with van der Waals surface area (Å²) in [6.45, 7) is 0.608. The number of alkyl halides is 6. The van der Waals surface area contributed by atoms with E-state index in [2.05, 4.69) is 9.97 Å². The van der Waals surface area contributed by atoms with Gasteiger partial charge < -0.3 is 10.1 Å². The van der Waals surface area contributed by atoms with Crippen LogP contribution in [-0.2, 0) is 6.18 Å². The van der Waals surface area contributed by atoms with E-state index in [9.17, 15) is 39.9 Å². The maximum absolute atomic E-state index is 14.8. The van der Waals surface area contributed by atoms with E-state index in [0.717, 1.165) is 6.07 Å². The SMILES string of the molecule is C[C@H](Oc1cc(-c2cnc(C(F)(F)F)cn2)c(F)cc1C(=O)Nc1c(F)cccc1Cl)C(F)(F)F. The van der Waals surface area contributed by atoms with Crippen LogP contribution in [0.2, 0.25) is 5.02 Å². The Morgan fingerprint density at radius 2 is 1.71 bits per heavy atom. The van der Waals surface area contributed by atoms with Gasteiger partial charge in [-0.15, -0.1) is 0 Å². The summed E-state index contributed by atoms with van der Waals surface area (Å²) in [5.74, 6) is -4.31. The topological polar surface area (TPSA) is 64.1 Å². The first-order valence-electron chi connectivity index (χ1n) is 9.40. The van der Waals surface area contributed by atoms with E-state index in [1.54, 1.807) is 0 Å². The van der Waals surface area contributed by atoms with Crippen molar-refractivity contribution in [1.82, 2.24) is 9.97 Å². The number of nitrogens with one attached hydrogen (secondary N) is 1. The number of benzene rings is 2. The molecule has 3 aromatic rings. The van der Waals surface area contributed by atoms with Crippen LogP contribution in [0.4, 0.5) is 40.8 Å². The smallest absolute Gasteiger partial charge is 0.434 e. The number of aromatic nitrogens is 2. The average molecular weight is 526 g/mol. The predicted octanol–water partition coefficient (Wildman–Crippen LogP) is 6.68. The molecule has 1 heterocycles. The minimum Gasteiger partial charge on any atom is -0.480 e. The van der Waals surface area contributed by atoms with E-state index < -0.39 is 69.9 Å². The first kappa shape index (κ1) is 26.1. The van der Waals surface area contributed by atoms with Crippen molar-refractivity contribution >= 4 is 23.2 Å². The molecule has 0 aliphatic carbocycles. The van der Waals surface area contributed by atoms with Crippen LogP contribution in [0.5, 0.6) is 5.75 Å². The number of ether oxygens (including phenoxy) is 1. The van der Waals surface area contributed by atoms with E-state index in [1.165, 1.54) is 12.1 Å². The van der Waals surface area contributed by atoms with Crippen LogP contribution in [0.3, 0.4) is 0 Å². The Labute approximate surface area is 196 Å². The molecule has 1 amide bonds. The maximum Gasteiger partial charge on any atom is 0.434 e. The van der Waals surface area contributed by atoms with Crippen molar-refractivity contribution in [3.63, 3.8) is 0 Å². The summed E-state index contributed by atoms with van der Waals surface area (Å²) < 4.78 is 111. The Hall–Kier alpha value is -3.48. The molecule has 0 radical (unpaired) electrons. The normalized spacial score (nSPS) is 12.9. The van der Waals surface area contributed by atoms with Gasteiger partial charge in [-0.05, 0) is 31.2 Å². The molecule has 0 aliphatic heterocycles. The Balaban J connectivity index is 2.08. The first-order chi connectivity index (χ1) is 16.2. The number of carbonyl (C=O) groups is 1. The molecule has 14 heteroatoms. The van der Waals surface area contributed by atoms with Gasteiger partial charge in [0.2, 0.25) is 0 Å². The van der Waals surface area contributed by atoms with Crippen LogP contribution in [0.15, 0.2) is 42.7 Å². The Bertz CT molecular complexity index is 1230. The van der Waals surface area contributed by atoms with Crippen LogP contribution < -0.4 is 10.1 Å². The fraction of sp³-hybridized carbons (Fsp3) is 0.190. The second-order valence-electron chi connectivity index (χ2n) is 6.97. The fourth-order valence-electron chi connectivity index (χ4n) is 2.69. The molecule has 0 fully saturated rings. The summed E-state index contributed by atoms with van der Waals surface area (Å²) >= 11 is 5.82. The first-order valence-corrected chi connectivity index (χ1v) is 9.78. The molecule has 1 atom stereocenters. The third-order valence-electron chi connectivity index (χ3n) is 4.50. The zero-order valence-electron chi connectivity index (χ0n) is 17.2. The number of amides is 1. The quantitative estimate of drug-likeness (QED) is 0.378. The standard InChI is InChI=1S/C21H12ClF8N3O2/c1-9(20(25,26)27)35-16-6-10(15-7-32-17(8-31-15)21(28,29)30)14(24)5-11(16)19(34)33-18-12(22)3-2-4-13(18)23/h2-9H,1H3,(H,33,34)/t9-/m0/s1. The Morgan fingerprint density at radius 1 is 1.03 bits per heavy atom. The van der Waals surface area contributed by atoms with Crippen molar-refractivity contribution in [2.24, 2.45) is 0 Å². The van der Waals surface area contributed by atoms with E-state index in [0.29, 0.717) is 31.5 Å². The molecule has 2 aromatic carbocycles. The van der Waals surface area contributed by atoms with Gasteiger partial charge in [-0.3, -0.25) is 9.78 Å². The fourth-order valence-corrected chi connectivity index (χ4v) is 2.90. The molecule has 3 rings (SSSR count). The molecule has 0 saturated heterocycles. The van der Waals surface area contributed by atoms with Crippen molar-refractivity contribution in [2.45, 2.75) is 25.4 Å². The molecule has 1 N–H and O–H groups in total. The van der Waals surface area contributed by atoms with E-state index in [4.69, 9.17) is 16.3 Å². The summed E-state index contributed by atoms with van der Waals surface area (Å²) in [6.07, 6.45) is -11.4. The van der Waals surface area contributed by atoms with Crippen LogP contribution in [0, 0.1) is 11.6 Å². The maximum atomic E-state index is 14.8. The summed E-state index contributed by atoms with van der Waals surface area (Å²) in [5, 5.41) is 1.78. The van der Waals surface area contributed by atoms with Gasteiger partial charge in [-0.2, -0.15) is 26.3 Å². The lowest BCUT2D eigenvalue weighted by Gasteiger charge is -2.20. The van der Waals surface area contributed by atoms with Gasteiger partial charge in [0.1, 0.15) is 17.4 Å². The predicted molar refractivity (Wildman–Crippen MR) is 108 cm³/mol. The van der Waals surface area contributed by atoms with Crippen molar-refractivity contribution in [3.05, 3.63) is 70.6 Å². The highest BCUT2D eigenvalue weighted by atomic mass is 35.5. The van der Waals surface area contributed by atoms with Gasteiger partial charge >= 0.3 is 12.4 Å². The number of nitrogens with zero attached hydrogens (tertiary/aromatic N) is 2. The highest BCUT2D eigenvalue weighted by Gasteiger charge is 2.39. The van der Waals surface area contributed by atoms with E-state index in [1.807, 2.05) is 5.32 Å². The molecule has 0 unspecified atom stereocenters. The number of para-hydroxylation sites is 1. The van der Waals surface area contributed by atoms with Crippen LogP contribution in [-0.4, -0.2) is 28.2 Å². The lowest BCUT2D eigenvalue weighted by molar-refractivity contribution is -0.189. The van der Waals surface area contributed by atoms with Crippen molar-refractivity contribution in [3.8, 4) is 17.0 Å². The largest absolute Gasteiger partial charge is 0.480 e. The van der Waals surface area contributed by atoms with Crippen molar-refractivity contribution in [1.29, 1.82) is 0 Å². The minimum atomic E-state index is -4.90. The van der Waals surface area contributed by atoms with Gasteiger partial charge in [0.05, 0.1) is 34.4 Å². The number of anilines is 1. The molecule has 5 nitrogen and oxygen atoms in total. The van der Waals surface area contributed by atoms with Crippen molar-refractivity contribution in [2.75, 3.05) is 5.32 Å². The number of halogens is 9. The molecule has 0 bridgehead atoms. The molecule has 35 heavy (non-hydrogen) atoms. The van der Waals surface area contributed by atoms with E-state index in [-0.39, 0.29) is 5.02 Å². The van der Waals surface area contributed by atoms with Crippen LogP contribution in [0.1, 0.15) is 23.0 Å². The summed E-state index contributed by atoms with van der Waals surface area (Å²) in [6, 6.07) is 4.50. The third kappa shape index (κ3) is 5.96. The van der Waals surface area contributed by atoms with Gasteiger partial charge in [-0.1, -0.05) is 17.7 Å². The minimum absolute atomic E-state index is 0.249. The molecule has 0 aliphatic rings. The number of hydrogen-bond donors (Lipinski definition) is 1. The van der Waals surface area contributed by atoms with Crippen molar-refractivity contribution < 1.29 is 44.7 Å². The monoisotopic (exact) mass is 525 g/mol. The summed E-state index contributed by atoms with van der Waals surface area (Å²) in [5.41, 5.74) is -3.77.